The molecule has 24 heavy (non-hydrogen) atoms. The second-order valence-corrected chi connectivity index (χ2v) is 7.09. The van der Waals surface area contributed by atoms with E-state index in [0.717, 1.165) is 63.3 Å². The van der Waals surface area contributed by atoms with Crippen LogP contribution in [0.25, 0.3) is 0 Å². The lowest BCUT2D eigenvalue weighted by Crippen LogP contribution is -2.51. The van der Waals surface area contributed by atoms with Gasteiger partial charge in [0.2, 0.25) is 5.91 Å². The SMILES string of the molecule is CCc1cc(N2CCCC(NC(=O)[C@H]3CCN[C@@H](C)C3)C2)ncn1. The van der Waals surface area contributed by atoms with Crippen LogP contribution in [0, 0.1) is 5.92 Å². The molecule has 6 nitrogen and oxygen atoms in total. The number of carbonyl (C=O) groups excluding carboxylic acids is 1. The summed E-state index contributed by atoms with van der Waals surface area (Å²) in [5, 5.41) is 6.69. The molecular weight excluding hydrogens is 302 g/mol. The number of nitrogens with one attached hydrogen (secondary N) is 2. The number of hydrogen-bond acceptors (Lipinski definition) is 5. The highest BCUT2D eigenvalue weighted by atomic mass is 16.2. The minimum atomic E-state index is 0.155. The Balaban J connectivity index is 1.58. The van der Waals surface area contributed by atoms with E-state index in [4.69, 9.17) is 0 Å². The molecule has 6 heteroatoms. The van der Waals surface area contributed by atoms with Crippen molar-refractivity contribution < 1.29 is 4.79 Å². The summed E-state index contributed by atoms with van der Waals surface area (Å²) in [5.41, 5.74) is 1.06. The fourth-order valence-electron chi connectivity index (χ4n) is 3.74. The molecule has 0 aromatic carbocycles. The first kappa shape index (κ1) is 17.1. The third-order valence-electron chi connectivity index (χ3n) is 5.16. The van der Waals surface area contributed by atoms with Crippen LogP contribution in [0.3, 0.4) is 0 Å². The van der Waals surface area contributed by atoms with Gasteiger partial charge in [-0.15, -0.1) is 0 Å². The molecule has 0 bridgehead atoms. The maximum atomic E-state index is 12.6. The normalized spacial score (nSPS) is 27.8. The Morgan fingerprint density at radius 3 is 3.08 bits per heavy atom. The van der Waals surface area contributed by atoms with E-state index in [1.54, 1.807) is 6.33 Å². The van der Waals surface area contributed by atoms with Crippen LogP contribution in [0.2, 0.25) is 0 Å². The maximum Gasteiger partial charge on any atom is 0.223 e. The second kappa shape index (κ2) is 7.92. The lowest BCUT2D eigenvalue weighted by molar-refractivity contribution is -0.126. The summed E-state index contributed by atoms with van der Waals surface area (Å²) in [5.74, 6) is 1.37. The topological polar surface area (TPSA) is 70.2 Å². The van der Waals surface area contributed by atoms with Gasteiger partial charge in [0.25, 0.3) is 0 Å². The lowest BCUT2D eigenvalue weighted by Gasteiger charge is -2.35. The van der Waals surface area contributed by atoms with Crippen LogP contribution < -0.4 is 15.5 Å². The van der Waals surface area contributed by atoms with Crippen LogP contribution in [-0.4, -0.2) is 47.6 Å². The van der Waals surface area contributed by atoms with Crippen molar-refractivity contribution in [2.24, 2.45) is 5.92 Å². The average molecular weight is 331 g/mol. The summed E-state index contributed by atoms with van der Waals surface area (Å²) in [6.07, 6.45) is 6.57. The Kier molecular flexibility index (Phi) is 5.66. The van der Waals surface area contributed by atoms with E-state index >= 15 is 0 Å². The molecule has 0 aliphatic carbocycles. The third kappa shape index (κ3) is 4.23. The quantitative estimate of drug-likeness (QED) is 0.875. The van der Waals surface area contributed by atoms with E-state index in [2.05, 4.69) is 45.4 Å². The number of carbonyl (C=O) groups is 1. The highest BCUT2D eigenvalue weighted by Crippen LogP contribution is 2.20. The predicted octanol–water partition coefficient (Wildman–Crippen LogP) is 1.51. The first-order chi connectivity index (χ1) is 11.7. The van der Waals surface area contributed by atoms with E-state index in [1.807, 2.05) is 0 Å². The number of piperidine rings is 2. The Bertz CT molecular complexity index is 564. The average Bonchev–Trinajstić information content (AvgIpc) is 2.62. The van der Waals surface area contributed by atoms with Gasteiger partial charge in [0.15, 0.2) is 0 Å². The summed E-state index contributed by atoms with van der Waals surface area (Å²) in [7, 11) is 0. The fourth-order valence-corrected chi connectivity index (χ4v) is 3.74. The molecule has 132 valence electrons. The van der Waals surface area contributed by atoms with Crippen molar-refractivity contribution in [3.8, 4) is 0 Å². The molecule has 0 saturated carbocycles. The minimum absolute atomic E-state index is 0.155. The van der Waals surface area contributed by atoms with Gasteiger partial charge in [-0.3, -0.25) is 4.79 Å². The Morgan fingerprint density at radius 2 is 2.29 bits per heavy atom. The number of aromatic nitrogens is 2. The number of anilines is 1. The van der Waals surface area contributed by atoms with Gasteiger partial charge in [-0.1, -0.05) is 6.92 Å². The first-order valence-corrected chi connectivity index (χ1v) is 9.25. The first-order valence-electron chi connectivity index (χ1n) is 9.25. The van der Waals surface area contributed by atoms with Gasteiger partial charge in [0.1, 0.15) is 12.1 Å². The van der Waals surface area contributed by atoms with Gasteiger partial charge in [0, 0.05) is 42.9 Å². The molecule has 1 unspecified atom stereocenters. The standard InChI is InChI=1S/C18H29N5O/c1-3-15-10-17(21-12-20-15)23-8-4-5-16(11-23)22-18(24)14-6-7-19-13(2)9-14/h10,12-14,16,19H,3-9,11H2,1-2H3,(H,22,24)/t13-,14-,16?/m0/s1. The van der Waals surface area contributed by atoms with E-state index in [0.29, 0.717) is 6.04 Å². The van der Waals surface area contributed by atoms with Gasteiger partial charge in [-0.2, -0.15) is 0 Å². The highest BCUT2D eigenvalue weighted by Gasteiger charge is 2.28. The van der Waals surface area contributed by atoms with Gasteiger partial charge in [0.05, 0.1) is 0 Å². The molecule has 2 aliphatic rings. The van der Waals surface area contributed by atoms with Crippen LogP contribution in [0.4, 0.5) is 5.82 Å². The zero-order valence-electron chi connectivity index (χ0n) is 14.8. The largest absolute Gasteiger partial charge is 0.354 e. The van der Waals surface area contributed by atoms with Crippen LogP contribution in [-0.2, 0) is 11.2 Å². The van der Waals surface area contributed by atoms with Crippen molar-refractivity contribution in [2.75, 3.05) is 24.5 Å². The molecule has 2 N–H and O–H groups in total. The summed E-state index contributed by atoms with van der Waals surface area (Å²) in [4.78, 5) is 23.5. The number of aryl methyl sites for hydroxylation is 1. The summed E-state index contributed by atoms with van der Waals surface area (Å²) in [6.45, 7) is 7.04. The molecule has 0 radical (unpaired) electrons. The van der Waals surface area contributed by atoms with E-state index in [-0.39, 0.29) is 17.9 Å². The Hall–Kier alpha value is -1.69. The van der Waals surface area contributed by atoms with Crippen molar-refractivity contribution in [1.29, 1.82) is 0 Å². The monoisotopic (exact) mass is 331 g/mol. The molecular formula is C18H29N5O. The van der Waals surface area contributed by atoms with Gasteiger partial charge in [-0.05, 0) is 45.6 Å². The van der Waals surface area contributed by atoms with Gasteiger partial charge < -0.3 is 15.5 Å². The highest BCUT2D eigenvalue weighted by molar-refractivity contribution is 5.79. The van der Waals surface area contributed by atoms with Crippen molar-refractivity contribution in [2.45, 2.75) is 58.0 Å². The molecule has 1 aromatic heterocycles. The maximum absolute atomic E-state index is 12.6. The minimum Gasteiger partial charge on any atom is -0.354 e. The predicted molar refractivity (Wildman–Crippen MR) is 95.0 cm³/mol. The van der Waals surface area contributed by atoms with Crippen LogP contribution in [0.5, 0.6) is 0 Å². The molecule has 2 aliphatic heterocycles. The molecule has 1 aromatic rings. The molecule has 3 heterocycles. The molecule has 3 atom stereocenters. The smallest absolute Gasteiger partial charge is 0.223 e. The van der Waals surface area contributed by atoms with Gasteiger partial charge >= 0.3 is 0 Å². The number of rotatable bonds is 4. The molecule has 1 amide bonds. The number of nitrogens with zero attached hydrogens (tertiary/aromatic N) is 3. The summed E-state index contributed by atoms with van der Waals surface area (Å²) >= 11 is 0. The van der Waals surface area contributed by atoms with Crippen molar-refractivity contribution in [1.82, 2.24) is 20.6 Å². The van der Waals surface area contributed by atoms with Gasteiger partial charge in [-0.25, -0.2) is 9.97 Å². The summed E-state index contributed by atoms with van der Waals surface area (Å²) < 4.78 is 0. The van der Waals surface area contributed by atoms with E-state index < -0.39 is 0 Å². The lowest BCUT2D eigenvalue weighted by atomic mass is 9.92. The Morgan fingerprint density at radius 1 is 1.42 bits per heavy atom. The number of hydrogen-bond donors (Lipinski definition) is 2. The summed E-state index contributed by atoms with van der Waals surface area (Å²) in [6, 6.07) is 2.72. The third-order valence-corrected chi connectivity index (χ3v) is 5.16. The van der Waals surface area contributed by atoms with E-state index in [1.165, 1.54) is 0 Å². The van der Waals surface area contributed by atoms with Crippen molar-refractivity contribution >= 4 is 11.7 Å². The van der Waals surface area contributed by atoms with Crippen LogP contribution in [0.15, 0.2) is 12.4 Å². The zero-order chi connectivity index (χ0) is 16.9. The van der Waals surface area contributed by atoms with Crippen molar-refractivity contribution in [3.05, 3.63) is 18.1 Å². The molecule has 2 saturated heterocycles. The Labute approximate surface area is 144 Å². The van der Waals surface area contributed by atoms with Crippen LogP contribution >= 0.6 is 0 Å². The van der Waals surface area contributed by atoms with E-state index in [9.17, 15) is 4.79 Å². The molecule has 3 rings (SSSR count). The second-order valence-electron chi connectivity index (χ2n) is 7.09. The molecule has 0 spiro atoms. The molecule has 2 fully saturated rings. The van der Waals surface area contributed by atoms with Crippen LogP contribution in [0.1, 0.15) is 45.2 Å². The fraction of sp³-hybridized carbons (Fsp3) is 0.722. The number of amides is 1. The van der Waals surface area contributed by atoms with Crippen molar-refractivity contribution in [3.63, 3.8) is 0 Å². The zero-order valence-corrected chi connectivity index (χ0v) is 14.8.